The van der Waals surface area contributed by atoms with Gasteiger partial charge in [0.1, 0.15) is 17.9 Å². The molecule has 0 aliphatic rings. The number of methoxy groups -OCH3 is 1. The first kappa shape index (κ1) is 14.5. The van der Waals surface area contributed by atoms with Crippen LogP contribution in [-0.4, -0.2) is 24.3 Å². The lowest BCUT2D eigenvalue weighted by Gasteiger charge is -2.09. The largest absolute Gasteiger partial charge is 0.483 e. The van der Waals surface area contributed by atoms with Gasteiger partial charge in [-0.25, -0.2) is 4.79 Å². The van der Waals surface area contributed by atoms with Crippen LogP contribution < -0.4 is 10.2 Å². The number of ether oxygens (including phenoxy) is 2. The molecule has 0 unspecified atom stereocenters. The monoisotopic (exact) mass is 287 g/mol. The summed E-state index contributed by atoms with van der Waals surface area (Å²) in [5.41, 5.74) is -0.0920. The van der Waals surface area contributed by atoms with Gasteiger partial charge < -0.3 is 14.5 Å². The molecule has 0 spiro atoms. The molecular formula is C15H13NO5. The van der Waals surface area contributed by atoms with Crippen molar-refractivity contribution in [1.82, 2.24) is 4.98 Å². The van der Waals surface area contributed by atoms with Crippen LogP contribution in [-0.2, 0) is 11.3 Å². The Morgan fingerprint density at radius 1 is 1.29 bits per heavy atom. The molecule has 1 aromatic carbocycles. The number of rotatable bonds is 5. The van der Waals surface area contributed by atoms with Crippen LogP contribution in [0.2, 0.25) is 0 Å². The normalized spacial score (nSPS) is 9.95. The Morgan fingerprint density at radius 2 is 2.00 bits per heavy atom. The lowest BCUT2D eigenvalue weighted by molar-refractivity contribution is 0.0597. The average Bonchev–Trinajstić information content (AvgIpc) is 2.53. The number of carbonyl (C=O) groups excluding carboxylic acids is 2. The highest BCUT2D eigenvalue weighted by atomic mass is 16.5. The summed E-state index contributed by atoms with van der Waals surface area (Å²) in [4.78, 5) is 37.2. The molecule has 0 radical (unpaired) electrons. The Bertz CT molecular complexity index is 706. The molecule has 1 heterocycles. The molecule has 21 heavy (non-hydrogen) atoms. The van der Waals surface area contributed by atoms with Crippen LogP contribution >= 0.6 is 0 Å². The highest BCUT2D eigenvalue weighted by Gasteiger charge is 2.18. The SMILES string of the molecule is COC(=O)c1c[nH]c(C=O)c(OCc2ccccc2)c1=O. The number of pyridine rings is 1. The summed E-state index contributed by atoms with van der Waals surface area (Å²) >= 11 is 0. The fraction of sp³-hybridized carbons (Fsp3) is 0.133. The molecule has 1 N–H and O–H groups in total. The lowest BCUT2D eigenvalue weighted by atomic mass is 10.2. The van der Waals surface area contributed by atoms with E-state index in [2.05, 4.69) is 9.72 Å². The molecule has 0 bridgehead atoms. The van der Waals surface area contributed by atoms with Gasteiger partial charge in [0.05, 0.1) is 7.11 Å². The van der Waals surface area contributed by atoms with Crippen molar-refractivity contribution in [3.05, 3.63) is 63.6 Å². The summed E-state index contributed by atoms with van der Waals surface area (Å²) in [5, 5.41) is 0. The van der Waals surface area contributed by atoms with E-state index in [4.69, 9.17) is 4.74 Å². The fourth-order valence-corrected chi connectivity index (χ4v) is 1.75. The summed E-state index contributed by atoms with van der Waals surface area (Å²) in [6.07, 6.45) is 1.59. The summed E-state index contributed by atoms with van der Waals surface area (Å²) in [7, 11) is 1.17. The van der Waals surface area contributed by atoms with E-state index in [0.29, 0.717) is 6.29 Å². The van der Waals surface area contributed by atoms with Crippen LogP contribution in [0.4, 0.5) is 0 Å². The molecule has 0 aliphatic heterocycles. The van der Waals surface area contributed by atoms with Crippen molar-refractivity contribution in [1.29, 1.82) is 0 Å². The summed E-state index contributed by atoms with van der Waals surface area (Å²) < 4.78 is 9.90. The maximum Gasteiger partial charge on any atom is 0.343 e. The Balaban J connectivity index is 2.34. The zero-order valence-corrected chi connectivity index (χ0v) is 11.3. The van der Waals surface area contributed by atoms with Gasteiger partial charge in [0.2, 0.25) is 5.43 Å². The molecule has 1 aromatic heterocycles. The predicted molar refractivity (Wildman–Crippen MR) is 74.6 cm³/mol. The topological polar surface area (TPSA) is 85.5 Å². The molecule has 6 nitrogen and oxygen atoms in total. The molecule has 6 heteroatoms. The zero-order valence-electron chi connectivity index (χ0n) is 11.3. The van der Waals surface area contributed by atoms with E-state index in [1.54, 1.807) is 0 Å². The van der Waals surface area contributed by atoms with Crippen LogP contribution in [0.5, 0.6) is 5.75 Å². The van der Waals surface area contributed by atoms with Gasteiger partial charge in [-0.1, -0.05) is 30.3 Å². The van der Waals surface area contributed by atoms with Gasteiger partial charge in [0.25, 0.3) is 0 Å². The number of hydrogen-bond acceptors (Lipinski definition) is 5. The van der Waals surface area contributed by atoms with Crippen LogP contribution in [0, 0.1) is 0 Å². The first-order valence-corrected chi connectivity index (χ1v) is 6.13. The second kappa shape index (κ2) is 6.51. The number of nitrogens with one attached hydrogen (secondary N) is 1. The number of aromatic nitrogens is 1. The van der Waals surface area contributed by atoms with Crippen molar-refractivity contribution in [2.24, 2.45) is 0 Å². The molecule has 0 amide bonds. The van der Waals surface area contributed by atoms with Crippen molar-refractivity contribution >= 4 is 12.3 Å². The van der Waals surface area contributed by atoms with Gasteiger partial charge in [-0.3, -0.25) is 9.59 Å². The summed E-state index contributed by atoms with van der Waals surface area (Å²) in [6.45, 7) is 0.107. The van der Waals surface area contributed by atoms with E-state index in [9.17, 15) is 14.4 Å². The number of esters is 1. The molecule has 0 atom stereocenters. The summed E-state index contributed by atoms with van der Waals surface area (Å²) in [5.74, 6) is -0.991. The van der Waals surface area contributed by atoms with E-state index in [-0.39, 0.29) is 23.6 Å². The lowest BCUT2D eigenvalue weighted by Crippen LogP contribution is -2.21. The minimum atomic E-state index is -0.793. The number of aldehydes is 1. The van der Waals surface area contributed by atoms with E-state index >= 15 is 0 Å². The van der Waals surface area contributed by atoms with Crippen LogP contribution in [0.1, 0.15) is 26.4 Å². The smallest absolute Gasteiger partial charge is 0.343 e. The molecule has 2 rings (SSSR count). The number of hydrogen-bond donors (Lipinski definition) is 1. The highest BCUT2D eigenvalue weighted by molar-refractivity contribution is 5.90. The number of aromatic amines is 1. The average molecular weight is 287 g/mol. The van der Waals surface area contributed by atoms with Crippen molar-refractivity contribution < 1.29 is 19.1 Å². The first-order chi connectivity index (χ1) is 10.2. The predicted octanol–water partition coefficient (Wildman–Crippen LogP) is 1.55. The number of H-pyrrole nitrogens is 1. The quantitative estimate of drug-likeness (QED) is 0.666. The molecule has 108 valence electrons. The minimum Gasteiger partial charge on any atom is -0.483 e. The third kappa shape index (κ3) is 3.17. The standard InChI is InChI=1S/C15H13NO5/c1-20-15(19)11-7-16-12(8-17)14(13(11)18)21-9-10-5-3-2-4-6-10/h2-8H,9H2,1H3,(H,16,18). The third-order valence-corrected chi connectivity index (χ3v) is 2.82. The number of benzene rings is 1. The van der Waals surface area contributed by atoms with Crippen molar-refractivity contribution in [3.63, 3.8) is 0 Å². The van der Waals surface area contributed by atoms with Gasteiger partial charge >= 0.3 is 5.97 Å². The molecule has 0 saturated heterocycles. The van der Waals surface area contributed by atoms with Crippen molar-refractivity contribution in [2.75, 3.05) is 7.11 Å². The maximum absolute atomic E-state index is 12.2. The minimum absolute atomic E-state index is 0.0245. The van der Waals surface area contributed by atoms with Gasteiger partial charge in [-0.15, -0.1) is 0 Å². The third-order valence-electron chi connectivity index (χ3n) is 2.82. The Morgan fingerprint density at radius 3 is 2.62 bits per heavy atom. The molecule has 0 aliphatic carbocycles. The Kier molecular flexibility index (Phi) is 4.50. The van der Waals surface area contributed by atoms with Gasteiger partial charge in [0, 0.05) is 6.20 Å². The highest BCUT2D eigenvalue weighted by Crippen LogP contribution is 2.12. The van der Waals surface area contributed by atoms with E-state index in [1.165, 1.54) is 7.11 Å². The van der Waals surface area contributed by atoms with Gasteiger partial charge in [-0.2, -0.15) is 0 Å². The van der Waals surface area contributed by atoms with Gasteiger partial charge in [0.15, 0.2) is 12.0 Å². The van der Waals surface area contributed by atoms with Gasteiger partial charge in [-0.05, 0) is 5.56 Å². The van der Waals surface area contributed by atoms with E-state index in [1.807, 2.05) is 30.3 Å². The fourth-order valence-electron chi connectivity index (χ4n) is 1.75. The zero-order chi connectivity index (χ0) is 15.2. The molecule has 2 aromatic rings. The molecular weight excluding hydrogens is 274 g/mol. The molecule has 0 saturated carbocycles. The van der Waals surface area contributed by atoms with Crippen LogP contribution in [0.25, 0.3) is 0 Å². The van der Waals surface area contributed by atoms with Crippen LogP contribution in [0.15, 0.2) is 41.3 Å². The van der Waals surface area contributed by atoms with Crippen LogP contribution in [0.3, 0.4) is 0 Å². The van der Waals surface area contributed by atoms with Crippen molar-refractivity contribution in [2.45, 2.75) is 6.61 Å². The van der Waals surface area contributed by atoms with E-state index in [0.717, 1.165) is 11.8 Å². The Hall–Kier alpha value is -2.89. The number of carbonyl (C=O) groups is 2. The second-order valence-electron chi connectivity index (χ2n) is 4.16. The Labute approximate surface area is 120 Å². The maximum atomic E-state index is 12.2. The summed E-state index contributed by atoms with van der Waals surface area (Å²) in [6, 6.07) is 9.14. The molecule has 0 fully saturated rings. The first-order valence-electron chi connectivity index (χ1n) is 6.13. The van der Waals surface area contributed by atoms with Crippen molar-refractivity contribution in [3.8, 4) is 5.75 Å². The second-order valence-corrected chi connectivity index (χ2v) is 4.16. The van der Waals surface area contributed by atoms with E-state index < -0.39 is 11.4 Å².